The Bertz CT molecular complexity index is 395. The predicted molar refractivity (Wildman–Crippen MR) is 73.2 cm³/mol. The number of benzene rings is 1. The van der Waals surface area contributed by atoms with E-state index in [1.165, 1.54) is 0 Å². The second kappa shape index (κ2) is 6.58. The summed E-state index contributed by atoms with van der Waals surface area (Å²) in [6, 6.07) is 7.41. The second-order valence-electron chi connectivity index (χ2n) is 4.45. The van der Waals surface area contributed by atoms with Gasteiger partial charge in [0.25, 0.3) is 0 Å². The van der Waals surface area contributed by atoms with Gasteiger partial charge >= 0.3 is 0 Å². The smallest absolute Gasteiger partial charge is 0.159 e. The van der Waals surface area contributed by atoms with Gasteiger partial charge in [0.1, 0.15) is 0 Å². The molecule has 0 heterocycles. The van der Waals surface area contributed by atoms with Crippen LogP contribution >= 0.6 is 11.6 Å². The SMILES string of the molecule is C[C@@H](CN(C)C)C(=O)/C=C\c1ccc(Cl)cc1. The molecule has 1 atom stereocenters. The fourth-order valence-electron chi connectivity index (χ4n) is 1.55. The number of allylic oxidation sites excluding steroid dienone is 1. The molecule has 0 saturated heterocycles. The molecule has 1 aromatic carbocycles. The number of nitrogens with zero attached hydrogens (tertiary/aromatic N) is 1. The van der Waals surface area contributed by atoms with Gasteiger partial charge in [-0.3, -0.25) is 4.79 Å². The van der Waals surface area contributed by atoms with Crippen molar-refractivity contribution < 1.29 is 4.79 Å². The number of hydrogen-bond acceptors (Lipinski definition) is 2. The van der Waals surface area contributed by atoms with Gasteiger partial charge in [0, 0.05) is 17.5 Å². The third kappa shape index (κ3) is 5.16. The highest BCUT2D eigenvalue weighted by atomic mass is 35.5. The first-order valence-electron chi connectivity index (χ1n) is 5.61. The van der Waals surface area contributed by atoms with Gasteiger partial charge < -0.3 is 4.90 Å². The van der Waals surface area contributed by atoms with Crippen molar-refractivity contribution in [3.05, 3.63) is 40.9 Å². The van der Waals surface area contributed by atoms with Gasteiger partial charge in [0.05, 0.1) is 0 Å². The fourth-order valence-corrected chi connectivity index (χ4v) is 1.68. The first kappa shape index (κ1) is 13.9. The number of carbonyl (C=O) groups excluding carboxylic acids is 1. The van der Waals surface area contributed by atoms with Gasteiger partial charge in [-0.15, -0.1) is 0 Å². The van der Waals surface area contributed by atoms with Crippen LogP contribution in [0.2, 0.25) is 5.02 Å². The number of hydrogen-bond donors (Lipinski definition) is 0. The van der Waals surface area contributed by atoms with E-state index in [4.69, 9.17) is 11.6 Å². The van der Waals surface area contributed by atoms with E-state index in [1.54, 1.807) is 6.08 Å². The fraction of sp³-hybridized carbons (Fsp3) is 0.357. The molecule has 92 valence electrons. The molecule has 0 spiro atoms. The molecule has 0 radical (unpaired) electrons. The molecule has 0 unspecified atom stereocenters. The zero-order valence-corrected chi connectivity index (χ0v) is 11.2. The summed E-state index contributed by atoms with van der Waals surface area (Å²) in [5.41, 5.74) is 0.986. The number of ketones is 1. The topological polar surface area (TPSA) is 20.3 Å². The second-order valence-corrected chi connectivity index (χ2v) is 4.89. The zero-order valence-electron chi connectivity index (χ0n) is 10.5. The van der Waals surface area contributed by atoms with E-state index in [0.717, 1.165) is 12.1 Å². The van der Waals surface area contributed by atoms with Crippen LogP contribution in [0.1, 0.15) is 12.5 Å². The summed E-state index contributed by atoms with van der Waals surface area (Å²) in [5, 5.41) is 0.703. The molecule has 3 heteroatoms. The van der Waals surface area contributed by atoms with Crippen LogP contribution in [0.15, 0.2) is 30.3 Å². The van der Waals surface area contributed by atoms with Gasteiger partial charge in [0.15, 0.2) is 5.78 Å². The number of carbonyl (C=O) groups is 1. The lowest BCUT2D eigenvalue weighted by Gasteiger charge is -2.13. The molecular weight excluding hydrogens is 234 g/mol. The molecule has 1 aromatic rings. The minimum Gasteiger partial charge on any atom is -0.309 e. The standard InChI is InChI=1S/C14H18ClNO/c1-11(10-16(2)3)14(17)9-6-12-4-7-13(15)8-5-12/h4-9,11H,10H2,1-3H3/b9-6-/t11-/m0/s1. The highest BCUT2D eigenvalue weighted by Gasteiger charge is 2.10. The Morgan fingerprint density at radius 2 is 1.94 bits per heavy atom. The molecule has 0 bridgehead atoms. The Morgan fingerprint density at radius 1 is 1.35 bits per heavy atom. The Hall–Kier alpha value is -1.12. The van der Waals surface area contributed by atoms with E-state index >= 15 is 0 Å². The normalized spacial score (nSPS) is 13.2. The monoisotopic (exact) mass is 251 g/mol. The molecule has 0 aliphatic heterocycles. The third-order valence-electron chi connectivity index (χ3n) is 2.43. The highest BCUT2D eigenvalue weighted by Crippen LogP contribution is 2.11. The largest absolute Gasteiger partial charge is 0.309 e. The zero-order chi connectivity index (χ0) is 12.8. The van der Waals surface area contributed by atoms with E-state index in [1.807, 2.05) is 56.3 Å². The van der Waals surface area contributed by atoms with E-state index in [9.17, 15) is 4.79 Å². The first-order chi connectivity index (χ1) is 7.99. The average molecular weight is 252 g/mol. The summed E-state index contributed by atoms with van der Waals surface area (Å²) >= 11 is 5.79. The van der Waals surface area contributed by atoms with Crippen LogP contribution in [0, 0.1) is 5.92 Å². The Labute approximate surface area is 108 Å². The molecule has 0 fully saturated rings. The van der Waals surface area contributed by atoms with Crippen LogP contribution in [-0.2, 0) is 4.79 Å². The quantitative estimate of drug-likeness (QED) is 0.750. The maximum absolute atomic E-state index is 11.8. The molecular formula is C14H18ClNO. The Morgan fingerprint density at radius 3 is 2.47 bits per heavy atom. The number of rotatable bonds is 5. The summed E-state index contributed by atoms with van der Waals surface area (Å²) in [6.07, 6.45) is 3.46. The van der Waals surface area contributed by atoms with Crippen LogP contribution in [0.5, 0.6) is 0 Å². The predicted octanol–water partition coefficient (Wildman–Crippen LogP) is 3.12. The third-order valence-corrected chi connectivity index (χ3v) is 2.69. The summed E-state index contributed by atoms with van der Waals surface area (Å²) in [5.74, 6) is 0.169. The van der Waals surface area contributed by atoms with Crippen molar-refractivity contribution in [3.8, 4) is 0 Å². The summed E-state index contributed by atoms with van der Waals surface area (Å²) in [7, 11) is 3.93. The van der Waals surface area contributed by atoms with E-state index in [0.29, 0.717) is 5.02 Å². The summed E-state index contributed by atoms with van der Waals surface area (Å²) in [4.78, 5) is 13.8. The molecule has 0 amide bonds. The first-order valence-corrected chi connectivity index (χ1v) is 5.99. The highest BCUT2D eigenvalue weighted by molar-refractivity contribution is 6.30. The van der Waals surface area contributed by atoms with Crippen LogP contribution in [-0.4, -0.2) is 31.3 Å². The van der Waals surface area contributed by atoms with E-state index in [2.05, 4.69) is 0 Å². The molecule has 0 N–H and O–H groups in total. The Balaban J connectivity index is 2.58. The molecule has 1 rings (SSSR count). The Kier molecular flexibility index (Phi) is 5.39. The molecule has 2 nitrogen and oxygen atoms in total. The lowest BCUT2D eigenvalue weighted by molar-refractivity contribution is -0.118. The molecule has 0 aromatic heterocycles. The van der Waals surface area contributed by atoms with Crippen molar-refractivity contribution in [2.75, 3.05) is 20.6 Å². The van der Waals surface area contributed by atoms with Crippen LogP contribution < -0.4 is 0 Å². The molecule has 0 aliphatic carbocycles. The molecule has 0 aliphatic rings. The van der Waals surface area contributed by atoms with Gasteiger partial charge in [-0.2, -0.15) is 0 Å². The minimum atomic E-state index is 0.0218. The summed E-state index contributed by atoms with van der Waals surface area (Å²) < 4.78 is 0. The van der Waals surface area contributed by atoms with Crippen molar-refractivity contribution in [1.29, 1.82) is 0 Å². The van der Waals surface area contributed by atoms with Crippen molar-refractivity contribution >= 4 is 23.5 Å². The van der Waals surface area contributed by atoms with Crippen molar-refractivity contribution in [1.82, 2.24) is 4.90 Å². The van der Waals surface area contributed by atoms with Crippen LogP contribution in [0.4, 0.5) is 0 Å². The lowest BCUT2D eigenvalue weighted by Crippen LogP contribution is -2.24. The van der Waals surface area contributed by atoms with Gasteiger partial charge in [-0.1, -0.05) is 36.7 Å². The van der Waals surface area contributed by atoms with Crippen molar-refractivity contribution in [3.63, 3.8) is 0 Å². The van der Waals surface area contributed by atoms with Gasteiger partial charge in [-0.05, 0) is 37.9 Å². The van der Waals surface area contributed by atoms with Crippen LogP contribution in [0.3, 0.4) is 0 Å². The van der Waals surface area contributed by atoms with Gasteiger partial charge in [0.2, 0.25) is 0 Å². The van der Waals surface area contributed by atoms with Gasteiger partial charge in [-0.25, -0.2) is 0 Å². The number of halogens is 1. The molecule has 17 heavy (non-hydrogen) atoms. The van der Waals surface area contributed by atoms with E-state index in [-0.39, 0.29) is 11.7 Å². The average Bonchev–Trinajstić information content (AvgIpc) is 2.27. The van der Waals surface area contributed by atoms with Crippen molar-refractivity contribution in [2.45, 2.75) is 6.92 Å². The van der Waals surface area contributed by atoms with E-state index < -0.39 is 0 Å². The minimum absolute atomic E-state index is 0.0218. The molecule has 0 saturated carbocycles. The van der Waals surface area contributed by atoms with Crippen LogP contribution in [0.25, 0.3) is 6.08 Å². The lowest BCUT2D eigenvalue weighted by atomic mass is 10.0. The summed E-state index contributed by atoms with van der Waals surface area (Å²) in [6.45, 7) is 2.71. The maximum atomic E-state index is 11.8. The maximum Gasteiger partial charge on any atom is 0.159 e. The van der Waals surface area contributed by atoms with Crippen molar-refractivity contribution in [2.24, 2.45) is 5.92 Å².